The van der Waals surface area contributed by atoms with Gasteiger partial charge in [0.15, 0.2) is 0 Å². The zero-order valence-corrected chi connectivity index (χ0v) is 9.89. The first-order chi connectivity index (χ1) is 7.13. The van der Waals surface area contributed by atoms with Crippen LogP contribution in [0.2, 0.25) is 0 Å². The third kappa shape index (κ3) is 1.60. The fourth-order valence-electron chi connectivity index (χ4n) is 1.91. The second-order valence-electron chi connectivity index (χ2n) is 4.14. The molecule has 80 valence electrons. The minimum absolute atomic E-state index is 1.05. The van der Waals surface area contributed by atoms with E-state index in [1.807, 2.05) is 0 Å². The van der Waals surface area contributed by atoms with Gasteiger partial charge in [0.2, 0.25) is 0 Å². The third-order valence-electron chi connectivity index (χ3n) is 2.99. The highest BCUT2D eigenvalue weighted by Gasteiger charge is 2.20. The summed E-state index contributed by atoms with van der Waals surface area (Å²) in [5.41, 5.74) is 5.19. The van der Waals surface area contributed by atoms with Crippen molar-refractivity contribution in [1.29, 1.82) is 0 Å². The molecule has 0 aliphatic carbocycles. The van der Waals surface area contributed by atoms with Gasteiger partial charge < -0.3 is 10.2 Å². The number of nitrogens with zero attached hydrogens (tertiary/aromatic N) is 1. The molecule has 1 aromatic carbocycles. The second kappa shape index (κ2) is 3.61. The molecule has 1 aromatic rings. The van der Waals surface area contributed by atoms with Crippen LogP contribution in [0, 0.1) is 13.8 Å². The number of anilines is 2. The summed E-state index contributed by atoms with van der Waals surface area (Å²) in [5.74, 6) is 1.19. The molecule has 1 aliphatic heterocycles. The number of hydrogen-bond acceptors (Lipinski definition) is 2. The van der Waals surface area contributed by atoms with Crippen LogP contribution in [0.25, 0.3) is 0 Å². The molecule has 0 aromatic heterocycles. The maximum Gasteiger partial charge on any atom is 0.106 e. The lowest BCUT2D eigenvalue weighted by molar-refractivity contribution is 1.10. The van der Waals surface area contributed by atoms with Crippen LogP contribution in [-0.4, -0.2) is 7.05 Å². The number of hydrogen-bond donors (Lipinski definition) is 1. The first-order valence-electron chi connectivity index (χ1n) is 5.45. The van der Waals surface area contributed by atoms with Crippen LogP contribution < -0.4 is 10.2 Å². The molecule has 0 amide bonds. The Morgan fingerprint density at radius 1 is 1.27 bits per heavy atom. The summed E-state index contributed by atoms with van der Waals surface area (Å²) in [6, 6.07) is 4.46. The Hall–Kier alpha value is -1.44. The normalized spacial score (nSPS) is 16.8. The lowest BCUT2D eigenvalue weighted by Crippen LogP contribution is -2.14. The molecule has 0 bridgehead atoms. The fourth-order valence-corrected chi connectivity index (χ4v) is 1.91. The summed E-state index contributed by atoms with van der Waals surface area (Å²) in [7, 11) is 2.11. The van der Waals surface area contributed by atoms with Crippen molar-refractivity contribution in [2.75, 3.05) is 17.3 Å². The van der Waals surface area contributed by atoms with E-state index in [0.29, 0.717) is 0 Å². The van der Waals surface area contributed by atoms with Gasteiger partial charge in [-0.25, -0.2) is 0 Å². The van der Waals surface area contributed by atoms with Gasteiger partial charge in [-0.1, -0.05) is 6.92 Å². The van der Waals surface area contributed by atoms with E-state index in [-0.39, 0.29) is 0 Å². The standard InChI is InChI=1S/C13H18N2/c1-5-6-13-14-11-7-9(2)10(3)8-12(11)15(13)4/h6-8,14H,5H2,1-4H3/b13-6-. The highest BCUT2D eigenvalue weighted by Crippen LogP contribution is 2.37. The van der Waals surface area contributed by atoms with Gasteiger partial charge in [0.05, 0.1) is 11.4 Å². The summed E-state index contributed by atoms with van der Waals surface area (Å²) in [5, 5.41) is 3.44. The number of allylic oxidation sites excluding steroid dienone is 1. The quantitative estimate of drug-likeness (QED) is 0.750. The molecule has 1 N–H and O–H groups in total. The van der Waals surface area contributed by atoms with Gasteiger partial charge in [0.25, 0.3) is 0 Å². The van der Waals surface area contributed by atoms with Gasteiger partial charge in [0.1, 0.15) is 5.82 Å². The molecule has 0 spiro atoms. The van der Waals surface area contributed by atoms with Crippen LogP contribution >= 0.6 is 0 Å². The molecular weight excluding hydrogens is 184 g/mol. The molecular formula is C13H18N2. The Morgan fingerprint density at radius 3 is 2.60 bits per heavy atom. The highest BCUT2D eigenvalue weighted by atomic mass is 15.3. The van der Waals surface area contributed by atoms with E-state index in [2.05, 4.69) is 56.2 Å². The van der Waals surface area contributed by atoms with Gasteiger partial charge in [0, 0.05) is 7.05 Å². The summed E-state index contributed by atoms with van der Waals surface area (Å²) in [6.07, 6.45) is 3.27. The summed E-state index contributed by atoms with van der Waals surface area (Å²) in [4.78, 5) is 2.21. The monoisotopic (exact) mass is 202 g/mol. The van der Waals surface area contributed by atoms with Gasteiger partial charge in [-0.2, -0.15) is 0 Å². The van der Waals surface area contributed by atoms with Crippen LogP contribution in [0.1, 0.15) is 24.5 Å². The van der Waals surface area contributed by atoms with Crippen molar-refractivity contribution >= 4 is 11.4 Å². The van der Waals surface area contributed by atoms with E-state index >= 15 is 0 Å². The minimum atomic E-state index is 1.05. The van der Waals surface area contributed by atoms with E-state index in [1.165, 1.54) is 28.3 Å². The summed E-state index contributed by atoms with van der Waals surface area (Å²) in [6.45, 7) is 6.46. The molecule has 0 fully saturated rings. The SMILES string of the molecule is CC/C=C1/Nc2cc(C)c(C)cc2N1C. The molecule has 2 nitrogen and oxygen atoms in total. The Morgan fingerprint density at radius 2 is 1.93 bits per heavy atom. The molecule has 15 heavy (non-hydrogen) atoms. The Bertz CT molecular complexity index is 419. The molecule has 2 rings (SSSR count). The molecule has 0 saturated carbocycles. The number of aryl methyl sites for hydroxylation is 2. The van der Waals surface area contributed by atoms with E-state index < -0.39 is 0 Å². The lowest BCUT2D eigenvalue weighted by Gasteiger charge is -2.13. The van der Waals surface area contributed by atoms with Gasteiger partial charge >= 0.3 is 0 Å². The number of nitrogens with one attached hydrogen (secondary N) is 1. The summed E-state index contributed by atoms with van der Waals surface area (Å²) < 4.78 is 0. The van der Waals surface area contributed by atoms with Crippen LogP contribution in [0.15, 0.2) is 24.0 Å². The molecule has 0 atom stereocenters. The largest absolute Gasteiger partial charge is 0.340 e. The number of benzene rings is 1. The van der Waals surface area contributed by atoms with E-state index in [1.54, 1.807) is 0 Å². The van der Waals surface area contributed by atoms with Crippen molar-refractivity contribution in [2.45, 2.75) is 27.2 Å². The van der Waals surface area contributed by atoms with Crippen LogP contribution in [0.5, 0.6) is 0 Å². The van der Waals surface area contributed by atoms with Crippen molar-refractivity contribution in [2.24, 2.45) is 0 Å². The molecule has 0 saturated heterocycles. The average molecular weight is 202 g/mol. The molecule has 0 radical (unpaired) electrons. The second-order valence-corrected chi connectivity index (χ2v) is 4.14. The number of rotatable bonds is 1. The van der Waals surface area contributed by atoms with Crippen molar-refractivity contribution in [3.8, 4) is 0 Å². The summed E-state index contributed by atoms with van der Waals surface area (Å²) >= 11 is 0. The van der Waals surface area contributed by atoms with Gasteiger partial charge in [-0.15, -0.1) is 0 Å². The molecule has 1 aliphatic rings. The van der Waals surface area contributed by atoms with Crippen LogP contribution in [0.4, 0.5) is 11.4 Å². The maximum atomic E-state index is 3.44. The maximum absolute atomic E-state index is 3.44. The topological polar surface area (TPSA) is 15.3 Å². The fraction of sp³-hybridized carbons (Fsp3) is 0.385. The molecule has 1 heterocycles. The Balaban J connectivity index is 2.46. The predicted molar refractivity (Wildman–Crippen MR) is 66.3 cm³/mol. The van der Waals surface area contributed by atoms with Crippen molar-refractivity contribution < 1.29 is 0 Å². The van der Waals surface area contributed by atoms with Gasteiger partial charge in [-0.3, -0.25) is 0 Å². The van der Waals surface area contributed by atoms with Crippen LogP contribution in [-0.2, 0) is 0 Å². The average Bonchev–Trinajstić information content (AvgIpc) is 2.47. The van der Waals surface area contributed by atoms with Crippen molar-refractivity contribution in [3.63, 3.8) is 0 Å². The smallest absolute Gasteiger partial charge is 0.106 e. The van der Waals surface area contributed by atoms with Crippen molar-refractivity contribution in [1.82, 2.24) is 0 Å². The van der Waals surface area contributed by atoms with E-state index in [0.717, 1.165) is 6.42 Å². The first-order valence-corrected chi connectivity index (χ1v) is 5.45. The van der Waals surface area contributed by atoms with Gasteiger partial charge in [-0.05, 0) is 49.6 Å². The Labute approximate surface area is 91.6 Å². The van der Waals surface area contributed by atoms with Crippen LogP contribution in [0.3, 0.4) is 0 Å². The predicted octanol–water partition coefficient (Wildman–Crippen LogP) is 3.42. The molecule has 2 heteroatoms. The zero-order valence-electron chi connectivity index (χ0n) is 9.89. The minimum Gasteiger partial charge on any atom is -0.340 e. The van der Waals surface area contributed by atoms with E-state index in [4.69, 9.17) is 0 Å². The Kier molecular flexibility index (Phi) is 2.43. The third-order valence-corrected chi connectivity index (χ3v) is 2.99. The lowest BCUT2D eigenvalue weighted by atomic mass is 10.1. The first kappa shape index (κ1) is 10.1. The van der Waals surface area contributed by atoms with Crippen molar-refractivity contribution in [3.05, 3.63) is 35.2 Å². The number of fused-ring (bicyclic) bond motifs is 1. The van der Waals surface area contributed by atoms with E-state index in [9.17, 15) is 0 Å². The zero-order chi connectivity index (χ0) is 11.0. The molecule has 0 unspecified atom stereocenters. The highest BCUT2D eigenvalue weighted by molar-refractivity contribution is 5.81.